The largest absolute Gasteiger partial charge is 0.356 e. The molecule has 5 nitrogen and oxygen atoms in total. The number of amides is 1. The number of anilines is 1. The van der Waals surface area contributed by atoms with Gasteiger partial charge in [0.2, 0.25) is 5.91 Å². The fraction of sp³-hybridized carbons (Fsp3) is 0.750. The van der Waals surface area contributed by atoms with Crippen molar-refractivity contribution in [3.63, 3.8) is 0 Å². The molecule has 7 heteroatoms. The van der Waals surface area contributed by atoms with Gasteiger partial charge >= 0.3 is 0 Å². The SMILES string of the molecule is Cc1cc(N2CCC(CC(=O)N3CCC(F)(F)CC3)CC2)nc(C2CC2)n1. The summed E-state index contributed by atoms with van der Waals surface area (Å²) in [6.45, 7) is 4.17. The number of aromatic nitrogens is 2. The Hall–Kier alpha value is -1.79. The Morgan fingerprint density at radius 3 is 2.41 bits per heavy atom. The Morgan fingerprint density at radius 1 is 1.11 bits per heavy atom. The molecule has 1 saturated carbocycles. The van der Waals surface area contributed by atoms with Gasteiger partial charge in [0.15, 0.2) is 0 Å². The van der Waals surface area contributed by atoms with Crippen molar-refractivity contribution in [1.29, 1.82) is 0 Å². The second kappa shape index (κ2) is 7.32. The monoisotopic (exact) mass is 378 g/mol. The molecule has 4 rings (SSSR count). The van der Waals surface area contributed by atoms with Crippen LogP contribution in [0, 0.1) is 12.8 Å². The normalized spacial score (nSPS) is 23.5. The van der Waals surface area contributed by atoms with E-state index < -0.39 is 5.92 Å². The minimum atomic E-state index is -2.60. The van der Waals surface area contributed by atoms with E-state index in [1.54, 1.807) is 4.90 Å². The van der Waals surface area contributed by atoms with E-state index in [2.05, 4.69) is 9.88 Å². The zero-order valence-electron chi connectivity index (χ0n) is 16.0. The molecule has 3 fully saturated rings. The second-order valence-electron chi connectivity index (χ2n) is 8.37. The second-order valence-corrected chi connectivity index (χ2v) is 8.37. The Morgan fingerprint density at radius 2 is 1.78 bits per heavy atom. The van der Waals surface area contributed by atoms with Gasteiger partial charge in [-0.05, 0) is 38.5 Å². The molecule has 0 aromatic carbocycles. The number of alkyl halides is 2. The molecule has 0 atom stereocenters. The molecular formula is C20H28F2N4O. The highest BCUT2D eigenvalue weighted by Crippen LogP contribution is 2.39. The third-order valence-electron chi connectivity index (χ3n) is 6.05. The van der Waals surface area contributed by atoms with Crippen molar-refractivity contribution in [2.24, 2.45) is 5.92 Å². The molecule has 1 aliphatic carbocycles. The van der Waals surface area contributed by atoms with Gasteiger partial charge in [0.25, 0.3) is 5.92 Å². The summed E-state index contributed by atoms with van der Waals surface area (Å²) in [4.78, 5) is 25.7. The minimum Gasteiger partial charge on any atom is -0.356 e. The van der Waals surface area contributed by atoms with Crippen molar-refractivity contribution >= 4 is 11.7 Å². The first-order valence-corrected chi connectivity index (χ1v) is 10.2. The van der Waals surface area contributed by atoms with Gasteiger partial charge < -0.3 is 9.80 Å². The van der Waals surface area contributed by atoms with Crippen molar-refractivity contribution in [3.05, 3.63) is 17.6 Å². The van der Waals surface area contributed by atoms with Crippen molar-refractivity contribution < 1.29 is 13.6 Å². The van der Waals surface area contributed by atoms with Crippen LogP contribution < -0.4 is 4.90 Å². The molecule has 1 amide bonds. The van der Waals surface area contributed by atoms with Gasteiger partial charge in [0.05, 0.1) is 0 Å². The topological polar surface area (TPSA) is 49.3 Å². The van der Waals surface area contributed by atoms with Gasteiger partial charge in [0, 0.05) is 63.1 Å². The maximum Gasteiger partial charge on any atom is 0.251 e. The van der Waals surface area contributed by atoms with E-state index in [9.17, 15) is 13.6 Å². The molecule has 0 bridgehead atoms. The van der Waals surface area contributed by atoms with Gasteiger partial charge in [-0.25, -0.2) is 18.7 Å². The van der Waals surface area contributed by atoms with Crippen LogP contribution in [0.3, 0.4) is 0 Å². The van der Waals surface area contributed by atoms with Crippen LogP contribution in [-0.2, 0) is 4.79 Å². The number of hydrogen-bond acceptors (Lipinski definition) is 4. The molecule has 0 unspecified atom stereocenters. The molecule has 3 aliphatic rings. The van der Waals surface area contributed by atoms with Crippen molar-refractivity contribution in [2.75, 3.05) is 31.1 Å². The summed E-state index contributed by atoms with van der Waals surface area (Å²) < 4.78 is 26.5. The zero-order valence-corrected chi connectivity index (χ0v) is 16.0. The first kappa shape index (κ1) is 18.6. The predicted molar refractivity (Wildman–Crippen MR) is 99.1 cm³/mol. The standard InChI is InChI=1S/C20H28F2N4O/c1-14-12-17(24-19(23-14)16-2-3-16)25-8-4-15(5-9-25)13-18(27)26-10-6-20(21,22)7-11-26/h12,15-16H,2-11,13H2,1H3. The average molecular weight is 378 g/mol. The molecule has 1 aromatic rings. The van der Waals surface area contributed by atoms with Crippen LogP contribution in [0.2, 0.25) is 0 Å². The van der Waals surface area contributed by atoms with Crippen molar-refractivity contribution in [3.8, 4) is 0 Å². The van der Waals surface area contributed by atoms with Crippen LogP contribution in [0.5, 0.6) is 0 Å². The van der Waals surface area contributed by atoms with Gasteiger partial charge in [-0.2, -0.15) is 0 Å². The van der Waals surface area contributed by atoms with Crippen LogP contribution in [0.4, 0.5) is 14.6 Å². The number of piperidine rings is 2. The minimum absolute atomic E-state index is 0.0397. The highest BCUT2D eigenvalue weighted by molar-refractivity contribution is 5.76. The fourth-order valence-corrected chi connectivity index (χ4v) is 4.09. The van der Waals surface area contributed by atoms with E-state index in [1.807, 2.05) is 13.0 Å². The van der Waals surface area contributed by atoms with E-state index in [1.165, 1.54) is 12.8 Å². The Bertz CT molecular complexity index is 689. The molecule has 0 spiro atoms. The molecule has 2 aliphatic heterocycles. The quantitative estimate of drug-likeness (QED) is 0.804. The van der Waals surface area contributed by atoms with Crippen LogP contribution in [-0.4, -0.2) is 52.9 Å². The van der Waals surface area contributed by atoms with Crippen LogP contribution in [0.15, 0.2) is 6.07 Å². The van der Waals surface area contributed by atoms with Crippen LogP contribution in [0.1, 0.15) is 62.4 Å². The molecular weight excluding hydrogens is 350 g/mol. The first-order chi connectivity index (χ1) is 12.9. The maximum absolute atomic E-state index is 13.3. The highest BCUT2D eigenvalue weighted by Gasteiger charge is 2.36. The van der Waals surface area contributed by atoms with E-state index in [0.717, 1.165) is 43.3 Å². The highest BCUT2D eigenvalue weighted by atomic mass is 19.3. The molecule has 2 saturated heterocycles. The molecule has 27 heavy (non-hydrogen) atoms. The predicted octanol–water partition coefficient (Wildman–Crippen LogP) is 3.53. The lowest BCUT2D eigenvalue weighted by molar-refractivity contribution is -0.138. The summed E-state index contributed by atoms with van der Waals surface area (Å²) in [5.41, 5.74) is 1.01. The van der Waals surface area contributed by atoms with Gasteiger partial charge in [-0.1, -0.05) is 0 Å². The summed E-state index contributed by atoms with van der Waals surface area (Å²) in [6.07, 6.45) is 4.34. The first-order valence-electron chi connectivity index (χ1n) is 10.2. The van der Waals surface area contributed by atoms with E-state index >= 15 is 0 Å². The molecule has 148 valence electrons. The Balaban J connectivity index is 1.28. The summed E-state index contributed by atoms with van der Waals surface area (Å²) in [7, 11) is 0. The summed E-state index contributed by atoms with van der Waals surface area (Å²) in [5, 5.41) is 0. The van der Waals surface area contributed by atoms with Gasteiger partial charge in [-0.3, -0.25) is 4.79 Å². The number of hydrogen-bond donors (Lipinski definition) is 0. The smallest absolute Gasteiger partial charge is 0.251 e. The van der Waals surface area contributed by atoms with E-state index in [-0.39, 0.29) is 31.8 Å². The Labute approximate surface area is 159 Å². The molecule has 0 N–H and O–H groups in total. The molecule has 3 heterocycles. The van der Waals surface area contributed by atoms with Crippen molar-refractivity contribution in [2.45, 2.75) is 63.7 Å². The lowest BCUT2D eigenvalue weighted by Gasteiger charge is -2.35. The van der Waals surface area contributed by atoms with Gasteiger partial charge in [-0.15, -0.1) is 0 Å². The van der Waals surface area contributed by atoms with E-state index in [4.69, 9.17) is 4.98 Å². The van der Waals surface area contributed by atoms with Gasteiger partial charge in [0.1, 0.15) is 11.6 Å². The lowest BCUT2D eigenvalue weighted by atomic mass is 9.92. The summed E-state index contributed by atoms with van der Waals surface area (Å²) >= 11 is 0. The number of likely N-dealkylation sites (tertiary alicyclic amines) is 1. The average Bonchev–Trinajstić information content (AvgIpc) is 3.47. The number of carbonyl (C=O) groups is 1. The third-order valence-corrected chi connectivity index (χ3v) is 6.05. The van der Waals surface area contributed by atoms with Crippen LogP contribution >= 0.6 is 0 Å². The number of nitrogens with zero attached hydrogens (tertiary/aromatic N) is 4. The molecule has 0 radical (unpaired) electrons. The number of carbonyl (C=O) groups excluding carboxylic acids is 1. The number of aryl methyl sites for hydroxylation is 1. The van der Waals surface area contributed by atoms with E-state index in [0.29, 0.717) is 18.3 Å². The maximum atomic E-state index is 13.3. The summed E-state index contributed by atoms with van der Waals surface area (Å²) in [5.74, 6) is 0.296. The number of rotatable bonds is 4. The fourth-order valence-electron chi connectivity index (χ4n) is 4.09. The Kier molecular flexibility index (Phi) is 5.03. The number of halogens is 2. The van der Waals surface area contributed by atoms with Crippen LogP contribution in [0.25, 0.3) is 0 Å². The third kappa shape index (κ3) is 4.55. The molecule has 1 aromatic heterocycles. The lowest BCUT2D eigenvalue weighted by Crippen LogP contribution is -2.44. The van der Waals surface area contributed by atoms with Crippen molar-refractivity contribution in [1.82, 2.24) is 14.9 Å². The summed E-state index contributed by atoms with van der Waals surface area (Å²) in [6, 6.07) is 2.05. The zero-order chi connectivity index (χ0) is 19.0.